The molecule has 116 valence electrons. The number of aromatic hydroxyl groups is 1. The molecule has 1 aromatic rings. The fourth-order valence-electron chi connectivity index (χ4n) is 1.65. The zero-order valence-electron chi connectivity index (χ0n) is 11.1. The third-order valence-corrected chi connectivity index (χ3v) is 5.28. The van der Waals surface area contributed by atoms with Gasteiger partial charge in [0.25, 0.3) is 11.1 Å². The number of imide groups is 1. The molecule has 0 bridgehead atoms. The fraction of sp³-hybridized carbons (Fsp3) is 0.154. The molecule has 1 aliphatic heterocycles. The molecule has 0 atom stereocenters. The number of phenols is 1. The van der Waals surface area contributed by atoms with Gasteiger partial charge in [0.1, 0.15) is 12.3 Å². The van der Waals surface area contributed by atoms with Crippen molar-refractivity contribution in [2.45, 2.75) is 0 Å². The number of hydrogen-bond acceptors (Lipinski definition) is 6. The molecule has 0 saturated carbocycles. The summed E-state index contributed by atoms with van der Waals surface area (Å²) in [5.41, 5.74) is 0.690. The highest BCUT2D eigenvalue weighted by Crippen LogP contribution is 2.34. The van der Waals surface area contributed by atoms with E-state index >= 15 is 0 Å². The second kappa shape index (κ2) is 7.17. The van der Waals surface area contributed by atoms with Crippen LogP contribution in [-0.2, 0) is 14.3 Å². The number of nitrogens with zero attached hydrogens (tertiary/aromatic N) is 1. The van der Waals surface area contributed by atoms with Gasteiger partial charge in [-0.15, -0.1) is 0 Å². The Bertz CT molecular complexity index is 681. The average Bonchev–Trinajstić information content (AvgIpc) is 2.72. The van der Waals surface area contributed by atoms with Crippen LogP contribution >= 0.6 is 56.9 Å². The van der Waals surface area contributed by atoms with Crippen LogP contribution in [-0.4, -0.2) is 40.8 Å². The van der Waals surface area contributed by atoms with Gasteiger partial charge >= 0.3 is 5.97 Å². The van der Waals surface area contributed by atoms with Crippen LogP contribution in [0, 0.1) is 7.14 Å². The largest absolute Gasteiger partial charge is 0.506 e. The second-order valence-corrected chi connectivity index (χ2v) is 7.49. The van der Waals surface area contributed by atoms with Crippen LogP contribution in [0.3, 0.4) is 0 Å². The zero-order chi connectivity index (χ0) is 16.4. The summed E-state index contributed by atoms with van der Waals surface area (Å²) in [5.74, 6) is -1.01. The summed E-state index contributed by atoms with van der Waals surface area (Å²) in [6, 6.07) is 3.40. The van der Waals surface area contributed by atoms with Crippen molar-refractivity contribution in [1.29, 1.82) is 0 Å². The Balaban J connectivity index is 2.28. The van der Waals surface area contributed by atoms with Gasteiger partial charge < -0.3 is 9.84 Å². The first-order valence-electron chi connectivity index (χ1n) is 5.83. The smallest absolute Gasteiger partial charge is 0.325 e. The molecule has 1 aliphatic rings. The van der Waals surface area contributed by atoms with Gasteiger partial charge in [-0.1, -0.05) is 0 Å². The highest BCUT2D eigenvalue weighted by molar-refractivity contribution is 14.1. The van der Waals surface area contributed by atoms with E-state index in [1.54, 1.807) is 18.2 Å². The maximum atomic E-state index is 12.2. The summed E-state index contributed by atoms with van der Waals surface area (Å²) < 4.78 is 5.75. The van der Waals surface area contributed by atoms with Crippen molar-refractivity contribution in [2.75, 3.05) is 13.7 Å². The lowest BCUT2D eigenvalue weighted by molar-refractivity contribution is -0.143. The molecule has 1 aromatic carbocycles. The molecule has 22 heavy (non-hydrogen) atoms. The lowest BCUT2D eigenvalue weighted by Crippen LogP contribution is -2.34. The number of ether oxygens (including phenoxy) is 1. The molecule has 0 radical (unpaired) electrons. The highest BCUT2D eigenvalue weighted by atomic mass is 127. The predicted molar refractivity (Wildman–Crippen MR) is 98.2 cm³/mol. The van der Waals surface area contributed by atoms with E-state index in [1.165, 1.54) is 7.11 Å². The van der Waals surface area contributed by atoms with Gasteiger partial charge in [0.2, 0.25) is 0 Å². The molecule has 6 nitrogen and oxygen atoms in total. The lowest BCUT2D eigenvalue weighted by atomic mass is 10.2. The number of amides is 2. The monoisotopic (exact) mass is 545 g/mol. The maximum Gasteiger partial charge on any atom is 0.325 e. The molecule has 2 rings (SSSR count). The second-order valence-electron chi connectivity index (χ2n) is 4.18. The van der Waals surface area contributed by atoms with E-state index in [2.05, 4.69) is 4.74 Å². The topological polar surface area (TPSA) is 83.9 Å². The molecular formula is C13H9I2NO5S. The van der Waals surface area contributed by atoms with Crippen LogP contribution in [0.2, 0.25) is 0 Å². The van der Waals surface area contributed by atoms with Gasteiger partial charge in [0.15, 0.2) is 0 Å². The third-order valence-electron chi connectivity index (χ3n) is 2.73. The van der Waals surface area contributed by atoms with Crippen molar-refractivity contribution in [3.63, 3.8) is 0 Å². The van der Waals surface area contributed by atoms with Crippen LogP contribution < -0.4 is 0 Å². The van der Waals surface area contributed by atoms with Crippen molar-refractivity contribution in [3.05, 3.63) is 29.7 Å². The Kier molecular flexibility index (Phi) is 5.71. The summed E-state index contributed by atoms with van der Waals surface area (Å²) >= 11 is 4.73. The molecule has 0 aliphatic carbocycles. The van der Waals surface area contributed by atoms with Crippen molar-refractivity contribution >= 4 is 80.1 Å². The van der Waals surface area contributed by atoms with Gasteiger partial charge in [0.05, 0.1) is 19.2 Å². The first-order valence-corrected chi connectivity index (χ1v) is 8.81. The SMILES string of the molecule is COC(=O)CN1C(=O)S/C(=C/c2cc(I)c(O)c(I)c2)C1=O. The number of halogens is 2. The first kappa shape index (κ1) is 17.5. The van der Waals surface area contributed by atoms with Crippen molar-refractivity contribution < 1.29 is 24.2 Å². The summed E-state index contributed by atoms with van der Waals surface area (Å²) in [6.07, 6.45) is 1.56. The molecule has 2 amide bonds. The summed E-state index contributed by atoms with van der Waals surface area (Å²) in [6.45, 7) is -0.400. The van der Waals surface area contributed by atoms with E-state index in [-0.39, 0.29) is 10.7 Å². The molecule has 0 aromatic heterocycles. The highest BCUT2D eigenvalue weighted by Gasteiger charge is 2.36. The van der Waals surface area contributed by atoms with Crippen molar-refractivity contribution in [2.24, 2.45) is 0 Å². The minimum absolute atomic E-state index is 0.178. The molecule has 9 heteroatoms. The van der Waals surface area contributed by atoms with Crippen LogP contribution in [0.4, 0.5) is 4.79 Å². The minimum atomic E-state index is -0.655. The van der Waals surface area contributed by atoms with Crippen LogP contribution in [0.15, 0.2) is 17.0 Å². The van der Waals surface area contributed by atoms with E-state index in [4.69, 9.17) is 0 Å². The number of carbonyl (C=O) groups is 3. The van der Waals surface area contributed by atoms with Gasteiger partial charge in [-0.25, -0.2) is 0 Å². The Morgan fingerprint density at radius 3 is 2.50 bits per heavy atom. The number of rotatable bonds is 3. The van der Waals surface area contributed by atoms with E-state index < -0.39 is 23.7 Å². The number of carbonyl (C=O) groups excluding carboxylic acids is 3. The van der Waals surface area contributed by atoms with Crippen LogP contribution in [0.1, 0.15) is 5.56 Å². The van der Waals surface area contributed by atoms with E-state index in [1.807, 2.05) is 45.2 Å². The number of thioether (sulfide) groups is 1. The van der Waals surface area contributed by atoms with Gasteiger partial charge in [-0.05, 0) is 80.7 Å². The first-order chi connectivity index (χ1) is 10.3. The molecule has 1 heterocycles. The number of benzene rings is 1. The number of methoxy groups -OCH3 is 1. The summed E-state index contributed by atoms with van der Waals surface area (Å²) in [5, 5.41) is 9.22. The average molecular weight is 545 g/mol. The van der Waals surface area contributed by atoms with Crippen molar-refractivity contribution in [1.82, 2.24) is 4.90 Å². The summed E-state index contributed by atoms with van der Waals surface area (Å²) in [4.78, 5) is 36.3. The Morgan fingerprint density at radius 1 is 1.36 bits per heavy atom. The molecule has 0 unspecified atom stereocenters. The van der Waals surface area contributed by atoms with E-state index in [0.717, 1.165) is 16.7 Å². The fourth-order valence-corrected chi connectivity index (χ4v) is 4.30. The van der Waals surface area contributed by atoms with Gasteiger partial charge in [-0.2, -0.15) is 0 Å². The zero-order valence-corrected chi connectivity index (χ0v) is 16.3. The van der Waals surface area contributed by atoms with E-state index in [0.29, 0.717) is 12.7 Å². The molecule has 1 saturated heterocycles. The molecule has 1 fully saturated rings. The number of esters is 1. The standard InChI is InChI=1S/C13H9I2NO5S/c1-21-10(17)5-16-12(19)9(22-13(16)20)4-6-2-7(14)11(18)8(15)3-6/h2-4,18H,5H2,1H3/b9-4+. The molecular weight excluding hydrogens is 536 g/mol. The number of phenolic OH excluding ortho intramolecular Hbond substituents is 1. The molecule has 1 N–H and O–H groups in total. The normalized spacial score (nSPS) is 16.5. The summed E-state index contributed by atoms with van der Waals surface area (Å²) in [7, 11) is 1.19. The van der Waals surface area contributed by atoms with E-state index in [9.17, 15) is 19.5 Å². The van der Waals surface area contributed by atoms with Gasteiger partial charge in [0, 0.05) is 0 Å². The molecule has 0 spiro atoms. The van der Waals surface area contributed by atoms with Crippen LogP contribution in [0.25, 0.3) is 6.08 Å². The Hall–Kier alpha value is -0.820. The lowest BCUT2D eigenvalue weighted by Gasteiger charge is -2.09. The Labute approximate surface area is 157 Å². The minimum Gasteiger partial charge on any atom is -0.506 e. The predicted octanol–water partition coefficient (Wildman–Crippen LogP) is 2.81. The maximum absolute atomic E-state index is 12.2. The Morgan fingerprint density at radius 2 is 1.95 bits per heavy atom. The van der Waals surface area contributed by atoms with Crippen LogP contribution in [0.5, 0.6) is 5.75 Å². The third kappa shape index (κ3) is 3.74. The van der Waals surface area contributed by atoms with Crippen molar-refractivity contribution in [3.8, 4) is 5.75 Å². The quantitative estimate of drug-likeness (QED) is 0.358. The van der Waals surface area contributed by atoms with Gasteiger partial charge in [-0.3, -0.25) is 19.3 Å². The number of hydrogen-bond donors (Lipinski definition) is 1.